The van der Waals surface area contributed by atoms with Crippen LogP contribution in [0.3, 0.4) is 0 Å². The first-order valence-corrected chi connectivity index (χ1v) is 9.54. The zero-order valence-electron chi connectivity index (χ0n) is 14.9. The molecule has 2 aromatic carbocycles. The number of hydrogen-bond donors (Lipinski definition) is 1. The third-order valence-electron chi connectivity index (χ3n) is 4.85. The molecule has 3 rings (SSSR count). The standard InChI is InChI=1S/C21H27ClN2O/c1-2-24-12-6-9-19(24)15-23-14-18-10-11-21(20(22)13-18)25-16-17-7-4-3-5-8-17/h3-5,7-8,10-11,13,19,23H,2,6,9,12,14-16H2,1H3/t19-/m0/s1. The molecule has 0 aliphatic carbocycles. The third kappa shape index (κ3) is 5.21. The number of nitrogens with one attached hydrogen (secondary N) is 1. The summed E-state index contributed by atoms with van der Waals surface area (Å²) >= 11 is 6.39. The van der Waals surface area contributed by atoms with Crippen molar-refractivity contribution in [2.75, 3.05) is 19.6 Å². The summed E-state index contributed by atoms with van der Waals surface area (Å²) < 4.78 is 5.83. The van der Waals surface area contributed by atoms with Gasteiger partial charge in [-0.3, -0.25) is 4.90 Å². The van der Waals surface area contributed by atoms with Gasteiger partial charge >= 0.3 is 0 Å². The molecule has 0 unspecified atom stereocenters. The second kappa shape index (κ2) is 9.23. The lowest BCUT2D eigenvalue weighted by Gasteiger charge is -2.23. The molecule has 1 N–H and O–H groups in total. The summed E-state index contributed by atoms with van der Waals surface area (Å²) in [6.07, 6.45) is 2.62. The predicted molar refractivity (Wildman–Crippen MR) is 104 cm³/mol. The number of ether oxygens (including phenoxy) is 1. The van der Waals surface area contributed by atoms with Crippen LogP contribution in [0.15, 0.2) is 48.5 Å². The van der Waals surface area contributed by atoms with Crippen LogP contribution in [0.25, 0.3) is 0 Å². The molecule has 0 bridgehead atoms. The first kappa shape index (κ1) is 18.2. The van der Waals surface area contributed by atoms with E-state index in [2.05, 4.69) is 35.3 Å². The largest absolute Gasteiger partial charge is 0.487 e. The molecule has 134 valence electrons. The SMILES string of the molecule is CCN1CCC[C@H]1CNCc1ccc(OCc2ccccc2)c(Cl)c1. The summed E-state index contributed by atoms with van der Waals surface area (Å²) in [6.45, 7) is 7.04. The lowest BCUT2D eigenvalue weighted by Crippen LogP contribution is -2.37. The molecule has 0 aromatic heterocycles. The molecule has 25 heavy (non-hydrogen) atoms. The van der Waals surface area contributed by atoms with Crippen LogP contribution in [-0.2, 0) is 13.2 Å². The van der Waals surface area contributed by atoms with Crippen molar-refractivity contribution in [3.8, 4) is 5.75 Å². The van der Waals surface area contributed by atoms with Gasteiger partial charge in [0.2, 0.25) is 0 Å². The summed E-state index contributed by atoms with van der Waals surface area (Å²) in [5, 5.41) is 4.24. The van der Waals surface area contributed by atoms with Gasteiger partial charge in [-0.1, -0.05) is 54.9 Å². The molecule has 4 heteroatoms. The van der Waals surface area contributed by atoms with E-state index in [0.29, 0.717) is 17.7 Å². The molecule has 1 atom stereocenters. The van der Waals surface area contributed by atoms with Crippen molar-refractivity contribution in [2.45, 2.75) is 39.0 Å². The second-order valence-electron chi connectivity index (χ2n) is 6.59. The maximum absolute atomic E-state index is 6.39. The van der Waals surface area contributed by atoms with Gasteiger partial charge in [0.05, 0.1) is 5.02 Å². The smallest absolute Gasteiger partial charge is 0.138 e. The van der Waals surface area contributed by atoms with Crippen LogP contribution in [0.4, 0.5) is 0 Å². The molecule has 3 nitrogen and oxygen atoms in total. The van der Waals surface area contributed by atoms with Crippen LogP contribution in [0, 0.1) is 0 Å². The van der Waals surface area contributed by atoms with Crippen molar-refractivity contribution >= 4 is 11.6 Å². The number of nitrogens with zero attached hydrogens (tertiary/aromatic N) is 1. The minimum Gasteiger partial charge on any atom is -0.487 e. The fourth-order valence-electron chi connectivity index (χ4n) is 3.43. The van der Waals surface area contributed by atoms with Gasteiger partial charge < -0.3 is 10.1 Å². The van der Waals surface area contributed by atoms with Crippen LogP contribution < -0.4 is 10.1 Å². The third-order valence-corrected chi connectivity index (χ3v) is 5.14. The van der Waals surface area contributed by atoms with E-state index in [1.54, 1.807) is 0 Å². The van der Waals surface area contributed by atoms with Gasteiger partial charge in [0.15, 0.2) is 0 Å². The van der Waals surface area contributed by atoms with Crippen LogP contribution in [-0.4, -0.2) is 30.6 Å². The van der Waals surface area contributed by atoms with Crippen LogP contribution in [0.2, 0.25) is 5.02 Å². The number of hydrogen-bond acceptors (Lipinski definition) is 3. The fourth-order valence-corrected chi connectivity index (χ4v) is 3.69. The number of halogens is 1. The molecular formula is C21H27ClN2O. The Labute approximate surface area is 155 Å². The Balaban J connectivity index is 1.48. The van der Waals surface area contributed by atoms with Gasteiger partial charge in [0.1, 0.15) is 12.4 Å². The van der Waals surface area contributed by atoms with Crippen molar-refractivity contribution in [1.29, 1.82) is 0 Å². The van der Waals surface area contributed by atoms with Gasteiger partial charge in [-0.25, -0.2) is 0 Å². The van der Waals surface area contributed by atoms with E-state index < -0.39 is 0 Å². The van der Waals surface area contributed by atoms with Crippen molar-refractivity contribution in [2.24, 2.45) is 0 Å². The molecule has 1 heterocycles. The molecule has 0 radical (unpaired) electrons. The van der Waals surface area contributed by atoms with E-state index in [-0.39, 0.29) is 0 Å². The van der Waals surface area contributed by atoms with Gasteiger partial charge in [0.25, 0.3) is 0 Å². The lowest BCUT2D eigenvalue weighted by molar-refractivity contribution is 0.260. The maximum atomic E-state index is 6.39. The first-order valence-electron chi connectivity index (χ1n) is 9.16. The van der Waals surface area contributed by atoms with E-state index in [9.17, 15) is 0 Å². The van der Waals surface area contributed by atoms with Gasteiger partial charge in [-0.05, 0) is 49.2 Å². The Bertz CT molecular complexity index is 662. The molecule has 0 spiro atoms. The van der Waals surface area contributed by atoms with E-state index in [4.69, 9.17) is 16.3 Å². The molecule has 0 amide bonds. The molecule has 1 aliphatic heterocycles. The minimum absolute atomic E-state index is 0.534. The van der Waals surface area contributed by atoms with E-state index in [0.717, 1.165) is 30.9 Å². The van der Waals surface area contributed by atoms with Crippen LogP contribution >= 0.6 is 11.6 Å². The van der Waals surface area contributed by atoms with E-state index >= 15 is 0 Å². The van der Waals surface area contributed by atoms with Crippen molar-refractivity contribution < 1.29 is 4.74 Å². The highest BCUT2D eigenvalue weighted by molar-refractivity contribution is 6.32. The Morgan fingerprint density at radius 2 is 2.00 bits per heavy atom. The summed E-state index contributed by atoms with van der Waals surface area (Å²) in [6, 6.07) is 16.9. The second-order valence-corrected chi connectivity index (χ2v) is 7.00. The monoisotopic (exact) mass is 358 g/mol. The zero-order chi connectivity index (χ0) is 17.5. The average Bonchev–Trinajstić information content (AvgIpc) is 3.09. The van der Waals surface area contributed by atoms with E-state index in [1.165, 1.54) is 24.9 Å². The average molecular weight is 359 g/mol. The quantitative estimate of drug-likeness (QED) is 0.752. The fraction of sp³-hybridized carbons (Fsp3) is 0.429. The maximum Gasteiger partial charge on any atom is 0.138 e. The van der Waals surface area contributed by atoms with Gasteiger partial charge in [-0.15, -0.1) is 0 Å². The number of likely N-dealkylation sites (N-methyl/N-ethyl adjacent to an activating group) is 1. The Morgan fingerprint density at radius 1 is 1.16 bits per heavy atom. The minimum atomic E-state index is 0.534. The van der Waals surface area contributed by atoms with Crippen molar-refractivity contribution in [1.82, 2.24) is 10.2 Å². The predicted octanol–water partition coefficient (Wildman–Crippen LogP) is 4.49. The molecular weight excluding hydrogens is 332 g/mol. The molecule has 0 saturated carbocycles. The summed E-state index contributed by atoms with van der Waals surface area (Å²) in [5.74, 6) is 0.738. The first-order chi connectivity index (χ1) is 12.3. The lowest BCUT2D eigenvalue weighted by atomic mass is 10.2. The highest BCUT2D eigenvalue weighted by Gasteiger charge is 2.22. The van der Waals surface area contributed by atoms with E-state index in [1.807, 2.05) is 30.3 Å². The molecule has 1 saturated heterocycles. The highest BCUT2D eigenvalue weighted by Crippen LogP contribution is 2.26. The number of rotatable bonds is 8. The van der Waals surface area contributed by atoms with Gasteiger partial charge in [-0.2, -0.15) is 0 Å². The Hall–Kier alpha value is -1.55. The Morgan fingerprint density at radius 3 is 2.76 bits per heavy atom. The normalized spacial score (nSPS) is 17.8. The summed E-state index contributed by atoms with van der Waals surface area (Å²) in [7, 11) is 0. The van der Waals surface area contributed by atoms with Crippen LogP contribution in [0.5, 0.6) is 5.75 Å². The molecule has 1 fully saturated rings. The topological polar surface area (TPSA) is 24.5 Å². The Kier molecular flexibility index (Phi) is 6.74. The van der Waals surface area contributed by atoms with Crippen molar-refractivity contribution in [3.05, 3.63) is 64.7 Å². The van der Waals surface area contributed by atoms with Gasteiger partial charge in [0, 0.05) is 19.1 Å². The zero-order valence-corrected chi connectivity index (χ0v) is 15.6. The van der Waals surface area contributed by atoms with Crippen molar-refractivity contribution in [3.63, 3.8) is 0 Å². The van der Waals surface area contributed by atoms with Crippen LogP contribution in [0.1, 0.15) is 30.9 Å². The number of benzene rings is 2. The molecule has 2 aromatic rings. The number of likely N-dealkylation sites (tertiary alicyclic amines) is 1. The molecule has 1 aliphatic rings. The highest BCUT2D eigenvalue weighted by atomic mass is 35.5. The summed E-state index contributed by atoms with van der Waals surface area (Å²) in [4.78, 5) is 2.56. The summed E-state index contributed by atoms with van der Waals surface area (Å²) in [5.41, 5.74) is 2.33.